The Morgan fingerprint density at radius 2 is 2.06 bits per heavy atom. The molecule has 1 aromatic heterocycles. The first-order valence-corrected chi connectivity index (χ1v) is 6.32. The Labute approximate surface area is 113 Å². The van der Waals surface area contributed by atoms with E-state index in [4.69, 9.17) is 0 Å². The van der Waals surface area contributed by atoms with E-state index in [1.165, 1.54) is 12.1 Å². The highest BCUT2D eigenvalue weighted by molar-refractivity contribution is 9.11. The number of rotatable bonds is 2. The average Bonchev–Trinajstić information content (AvgIpc) is 2.70. The van der Waals surface area contributed by atoms with Gasteiger partial charge in [0.15, 0.2) is 6.29 Å². The zero-order chi connectivity index (χ0) is 13.3. The fourth-order valence-electron chi connectivity index (χ4n) is 1.34. The highest BCUT2D eigenvalue weighted by atomic mass is 79.9. The SMILES string of the molecule is O=Cc1nc(-c2cccc(C(F)(F)F)c2)sc1Br. The molecule has 0 saturated carbocycles. The van der Waals surface area contributed by atoms with Crippen molar-refractivity contribution in [3.63, 3.8) is 0 Å². The van der Waals surface area contributed by atoms with E-state index in [1.807, 2.05) is 0 Å². The van der Waals surface area contributed by atoms with E-state index in [1.54, 1.807) is 0 Å². The number of alkyl halides is 3. The van der Waals surface area contributed by atoms with E-state index in [-0.39, 0.29) is 5.69 Å². The molecule has 0 bridgehead atoms. The summed E-state index contributed by atoms with van der Waals surface area (Å²) in [6.45, 7) is 0. The van der Waals surface area contributed by atoms with Crippen LogP contribution in [0.4, 0.5) is 13.2 Å². The summed E-state index contributed by atoms with van der Waals surface area (Å²) in [6.07, 6.45) is -3.84. The lowest BCUT2D eigenvalue weighted by atomic mass is 10.1. The van der Waals surface area contributed by atoms with Crippen LogP contribution in [-0.2, 0) is 6.18 Å². The fraction of sp³-hybridized carbons (Fsp3) is 0.0909. The average molecular weight is 336 g/mol. The van der Waals surface area contributed by atoms with Crippen LogP contribution >= 0.6 is 27.3 Å². The molecule has 2 rings (SSSR count). The quantitative estimate of drug-likeness (QED) is 0.761. The third-order valence-electron chi connectivity index (χ3n) is 2.16. The number of thiazole rings is 1. The largest absolute Gasteiger partial charge is 0.416 e. The first-order chi connectivity index (χ1) is 8.41. The van der Waals surface area contributed by atoms with Gasteiger partial charge in [0, 0.05) is 5.56 Å². The van der Waals surface area contributed by atoms with Gasteiger partial charge in [0.05, 0.1) is 5.56 Å². The summed E-state index contributed by atoms with van der Waals surface area (Å²) in [5, 5.41) is 0.370. The maximum Gasteiger partial charge on any atom is 0.416 e. The predicted octanol–water partition coefficient (Wildman–Crippen LogP) is 4.40. The van der Waals surface area contributed by atoms with Crippen molar-refractivity contribution in [1.29, 1.82) is 0 Å². The van der Waals surface area contributed by atoms with Crippen LogP contribution in [0.3, 0.4) is 0 Å². The molecular formula is C11H5BrF3NOS. The molecule has 0 amide bonds. The molecule has 0 saturated heterocycles. The zero-order valence-electron chi connectivity index (χ0n) is 8.66. The van der Waals surface area contributed by atoms with E-state index in [2.05, 4.69) is 20.9 Å². The maximum absolute atomic E-state index is 12.6. The summed E-state index contributed by atoms with van der Waals surface area (Å²) >= 11 is 4.25. The van der Waals surface area contributed by atoms with Gasteiger partial charge in [-0.25, -0.2) is 4.98 Å². The van der Waals surface area contributed by atoms with Gasteiger partial charge in [-0.05, 0) is 28.1 Å². The van der Waals surface area contributed by atoms with Crippen LogP contribution in [0.1, 0.15) is 16.1 Å². The molecule has 94 valence electrons. The number of aromatic nitrogens is 1. The van der Waals surface area contributed by atoms with Gasteiger partial charge in [-0.1, -0.05) is 12.1 Å². The molecule has 1 heterocycles. The summed E-state index contributed by atoms with van der Waals surface area (Å²) in [5.41, 5.74) is -0.213. The number of hydrogen-bond acceptors (Lipinski definition) is 3. The van der Waals surface area contributed by atoms with Crippen molar-refractivity contribution in [2.75, 3.05) is 0 Å². The summed E-state index contributed by atoms with van der Waals surface area (Å²) in [4.78, 5) is 14.6. The van der Waals surface area contributed by atoms with Gasteiger partial charge in [0.1, 0.15) is 14.5 Å². The minimum atomic E-state index is -4.39. The van der Waals surface area contributed by atoms with Crippen molar-refractivity contribution in [2.24, 2.45) is 0 Å². The third-order valence-corrected chi connectivity index (χ3v) is 3.96. The van der Waals surface area contributed by atoms with E-state index in [0.717, 1.165) is 23.5 Å². The second kappa shape index (κ2) is 4.81. The number of nitrogens with zero attached hydrogens (tertiary/aromatic N) is 1. The van der Waals surface area contributed by atoms with Crippen LogP contribution in [0.5, 0.6) is 0 Å². The molecule has 0 aliphatic heterocycles. The molecule has 0 atom stereocenters. The Morgan fingerprint density at radius 3 is 2.61 bits per heavy atom. The fourth-order valence-corrected chi connectivity index (χ4v) is 2.74. The predicted molar refractivity (Wildman–Crippen MR) is 65.6 cm³/mol. The number of carbonyl (C=O) groups excluding carboxylic acids is 1. The second-order valence-corrected chi connectivity index (χ2v) is 5.69. The van der Waals surface area contributed by atoms with E-state index in [0.29, 0.717) is 20.6 Å². The zero-order valence-corrected chi connectivity index (χ0v) is 11.1. The van der Waals surface area contributed by atoms with Gasteiger partial charge in [-0.2, -0.15) is 13.2 Å². The molecule has 1 aromatic carbocycles. The van der Waals surface area contributed by atoms with Gasteiger partial charge in [-0.3, -0.25) is 4.79 Å². The monoisotopic (exact) mass is 335 g/mol. The minimum Gasteiger partial charge on any atom is -0.296 e. The van der Waals surface area contributed by atoms with E-state index < -0.39 is 11.7 Å². The molecule has 0 aliphatic carbocycles. The molecule has 2 nitrogen and oxygen atoms in total. The van der Waals surface area contributed by atoms with Crippen molar-refractivity contribution in [3.05, 3.63) is 39.3 Å². The van der Waals surface area contributed by atoms with Gasteiger partial charge >= 0.3 is 6.18 Å². The highest BCUT2D eigenvalue weighted by Gasteiger charge is 2.30. The lowest BCUT2D eigenvalue weighted by Gasteiger charge is -2.07. The summed E-state index contributed by atoms with van der Waals surface area (Å²) < 4.78 is 38.2. The second-order valence-electron chi connectivity index (χ2n) is 3.37. The molecule has 0 fully saturated rings. The number of carbonyl (C=O) groups is 1. The number of hydrogen-bond donors (Lipinski definition) is 0. The number of aldehydes is 1. The molecular weight excluding hydrogens is 331 g/mol. The van der Waals surface area contributed by atoms with Crippen molar-refractivity contribution in [3.8, 4) is 10.6 Å². The van der Waals surface area contributed by atoms with Gasteiger partial charge in [0.25, 0.3) is 0 Å². The maximum atomic E-state index is 12.6. The molecule has 0 spiro atoms. The molecule has 0 aliphatic rings. The molecule has 0 unspecified atom stereocenters. The lowest BCUT2D eigenvalue weighted by molar-refractivity contribution is -0.137. The Hall–Kier alpha value is -1.21. The van der Waals surface area contributed by atoms with Gasteiger partial charge in [0.2, 0.25) is 0 Å². The smallest absolute Gasteiger partial charge is 0.296 e. The summed E-state index contributed by atoms with van der Waals surface area (Å²) in [5.74, 6) is 0. The first-order valence-electron chi connectivity index (χ1n) is 4.71. The van der Waals surface area contributed by atoms with Crippen molar-refractivity contribution in [2.45, 2.75) is 6.18 Å². The first kappa shape index (κ1) is 13.2. The van der Waals surface area contributed by atoms with E-state index in [9.17, 15) is 18.0 Å². The number of halogens is 4. The van der Waals surface area contributed by atoms with Crippen LogP contribution in [-0.4, -0.2) is 11.3 Å². The lowest BCUT2D eigenvalue weighted by Crippen LogP contribution is -2.04. The molecule has 2 aromatic rings. The van der Waals surface area contributed by atoms with Crippen LogP contribution < -0.4 is 0 Å². The van der Waals surface area contributed by atoms with Crippen LogP contribution in [0.25, 0.3) is 10.6 Å². The topological polar surface area (TPSA) is 30.0 Å². The van der Waals surface area contributed by atoms with Gasteiger partial charge in [-0.15, -0.1) is 11.3 Å². The van der Waals surface area contributed by atoms with E-state index >= 15 is 0 Å². The van der Waals surface area contributed by atoms with Crippen LogP contribution in [0, 0.1) is 0 Å². The Morgan fingerprint density at radius 1 is 1.33 bits per heavy atom. The molecule has 7 heteroatoms. The Kier molecular flexibility index (Phi) is 3.54. The molecule has 0 N–H and O–H groups in total. The van der Waals surface area contributed by atoms with Crippen molar-refractivity contribution < 1.29 is 18.0 Å². The Bertz CT molecular complexity index is 594. The molecule has 18 heavy (non-hydrogen) atoms. The normalized spacial score (nSPS) is 11.6. The standard InChI is InChI=1S/C11H5BrF3NOS/c12-9-8(5-17)16-10(18-9)6-2-1-3-7(4-6)11(13,14)15/h1-5H. The van der Waals surface area contributed by atoms with Crippen LogP contribution in [0.2, 0.25) is 0 Å². The van der Waals surface area contributed by atoms with Crippen molar-refractivity contribution >= 4 is 33.6 Å². The van der Waals surface area contributed by atoms with Crippen molar-refractivity contribution in [1.82, 2.24) is 4.98 Å². The highest BCUT2D eigenvalue weighted by Crippen LogP contribution is 2.35. The summed E-state index contributed by atoms with van der Waals surface area (Å²) in [7, 11) is 0. The number of benzene rings is 1. The minimum absolute atomic E-state index is 0.187. The van der Waals surface area contributed by atoms with Crippen LogP contribution in [0.15, 0.2) is 28.1 Å². The summed E-state index contributed by atoms with van der Waals surface area (Å²) in [6, 6.07) is 4.84. The Balaban J connectivity index is 2.47. The third kappa shape index (κ3) is 2.62. The van der Waals surface area contributed by atoms with Gasteiger partial charge < -0.3 is 0 Å². The molecule has 0 radical (unpaired) electrons.